The Morgan fingerprint density at radius 3 is 1.29 bits per heavy atom. The van der Waals surface area contributed by atoms with Crippen LogP contribution in [0.15, 0.2) is 206 Å². The van der Waals surface area contributed by atoms with E-state index in [0.29, 0.717) is 17.5 Å². The Morgan fingerprint density at radius 1 is 0.268 bits per heavy atom. The summed E-state index contributed by atoms with van der Waals surface area (Å²) >= 11 is 0. The molecule has 0 N–H and O–H groups in total. The minimum atomic E-state index is 0.621. The molecule has 262 valence electrons. The van der Waals surface area contributed by atoms with Gasteiger partial charge in [-0.25, -0.2) is 15.0 Å². The Balaban J connectivity index is 1.06. The van der Waals surface area contributed by atoms with Crippen LogP contribution in [-0.2, 0) is 0 Å². The van der Waals surface area contributed by atoms with Gasteiger partial charge in [-0.05, 0) is 74.2 Å². The fourth-order valence-corrected chi connectivity index (χ4v) is 7.51. The smallest absolute Gasteiger partial charge is 0.164 e. The maximum Gasteiger partial charge on any atom is 0.164 e. The summed E-state index contributed by atoms with van der Waals surface area (Å²) in [5.74, 6) is 1.87. The molecule has 0 atom stereocenters. The standard InChI is InChI=1S/C52H34N4/c1-3-12-35(13-4-1)37-23-27-39(28-24-37)50-54-51(40-29-25-38(26-30-40)36-14-5-2-6-15-36)56-52(55-50)45-19-10-17-42(33-45)41-16-9-18-43(32-41)48-34-44-20-11-31-53-49(44)47-22-8-7-21-46(47)48/h1-34H. The van der Waals surface area contributed by atoms with Gasteiger partial charge >= 0.3 is 0 Å². The van der Waals surface area contributed by atoms with E-state index in [4.69, 9.17) is 19.9 Å². The van der Waals surface area contributed by atoms with Crippen LogP contribution < -0.4 is 0 Å². The number of aromatic nitrogens is 4. The van der Waals surface area contributed by atoms with E-state index in [2.05, 4.69) is 182 Å². The number of fused-ring (bicyclic) bond motifs is 3. The van der Waals surface area contributed by atoms with Crippen LogP contribution in [0, 0.1) is 0 Å². The summed E-state index contributed by atoms with van der Waals surface area (Å²) in [6.07, 6.45) is 1.86. The second-order valence-corrected chi connectivity index (χ2v) is 13.9. The third-order valence-electron chi connectivity index (χ3n) is 10.4. The Labute approximate surface area is 325 Å². The van der Waals surface area contributed by atoms with E-state index in [0.717, 1.165) is 60.8 Å². The average molecular weight is 715 g/mol. The summed E-state index contributed by atoms with van der Waals surface area (Å²) in [6.45, 7) is 0. The lowest BCUT2D eigenvalue weighted by Crippen LogP contribution is -2.00. The molecule has 8 aromatic carbocycles. The molecule has 0 aliphatic heterocycles. The number of pyridine rings is 1. The minimum absolute atomic E-state index is 0.621. The first-order valence-electron chi connectivity index (χ1n) is 18.8. The summed E-state index contributed by atoms with van der Waals surface area (Å²) in [5.41, 5.74) is 12.9. The quantitative estimate of drug-likeness (QED) is 0.154. The Bertz CT molecular complexity index is 2890. The predicted octanol–water partition coefficient (Wildman–Crippen LogP) is 13.2. The van der Waals surface area contributed by atoms with Gasteiger partial charge in [0.25, 0.3) is 0 Å². The highest BCUT2D eigenvalue weighted by Gasteiger charge is 2.15. The topological polar surface area (TPSA) is 51.6 Å². The van der Waals surface area contributed by atoms with Crippen LogP contribution in [0.1, 0.15) is 0 Å². The second-order valence-electron chi connectivity index (χ2n) is 13.9. The third-order valence-corrected chi connectivity index (χ3v) is 10.4. The van der Waals surface area contributed by atoms with Gasteiger partial charge in [0, 0.05) is 33.7 Å². The lowest BCUT2D eigenvalue weighted by Gasteiger charge is -2.13. The van der Waals surface area contributed by atoms with Crippen LogP contribution in [0.4, 0.5) is 0 Å². The van der Waals surface area contributed by atoms with Gasteiger partial charge in [0.05, 0.1) is 5.52 Å². The van der Waals surface area contributed by atoms with E-state index in [-0.39, 0.29) is 0 Å². The van der Waals surface area contributed by atoms with Gasteiger partial charge in [-0.3, -0.25) is 4.98 Å². The van der Waals surface area contributed by atoms with Crippen LogP contribution in [-0.4, -0.2) is 19.9 Å². The van der Waals surface area contributed by atoms with E-state index >= 15 is 0 Å². The lowest BCUT2D eigenvalue weighted by molar-refractivity contribution is 1.07. The summed E-state index contributed by atoms with van der Waals surface area (Å²) < 4.78 is 0. The molecular weight excluding hydrogens is 681 g/mol. The zero-order valence-corrected chi connectivity index (χ0v) is 30.4. The Kier molecular flexibility index (Phi) is 8.47. The molecule has 2 heterocycles. The lowest BCUT2D eigenvalue weighted by atomic mass is 9.93. The Morgan fingerprint density at radius 2 is 0.696 bits per heavy atom. The Hall–Kier alpha value is -7.56. The van der Waals surface area contributed by atoms with E-state index in [9.17, 15) is 0 Å². The normalized spacial score (nSPS) is 11.2. The molecule has 56 heavy (non-hydrogen) atoms. The van der Waals surface area contributed by atoms with Crippen molar-refractivity contribution >= 4 is 21.7 Å². The molecule has 0 aliphatic carbocycles. The van der Waals surface area contributed by atoms with Crippen LogP contribution in [0.3, 0.4) is 0 Å². The maximum absolute atomic E-state index is 5.10. The summed E-state index contributed by atoms with van der Waals surface area (Å²) in [5, 5.41) is 3.46. The molecule has 4 nitrogen and oxygen atoms in total. The van der Waals surface area contributed by atoms with Gasteiger partial charge in [0.15, 0.2) is 17.5 Å². The van der Waals surface area contributed by atoms with Crippen LogP contribution in [0.5, 0.6) is 0 Å². The molecule has 2 aromatic heterocycles. The first-order valence-corrected chi connectivity index (χ1v) is 18.8. The van der Waals surface area contributed by atoms with Crippen molar-refractivity contribution in [3.8, 4) is 78.7 Å². The zero-order chi connectivity index (χ0) is 37.3. The van der Waals surface area contributed by atoms with Gasteiger partial charge < -0.3 is 0 Å². The van der Waals surface area contributed by atoms with Crippen LogP contribution in [0.25, 0.3) is 100 Å². The molecule has 0 amide bonds. The molecule has 0 radical (unpaired) electrons. The minimum Gasteiger partial charge on any atom is -0.256 e. The number of hydrogen-bond donors (Lipinski definition) is 0. The third kappa shape index (κ3) is 6.40. The molecule has 4 heteroatoms. The molecule has 0 fully saturated rings. The molecule has 10 rings (SSSR count). The van der Waals surface area contributed by atoms with Crippen LogP contribution >= 0.6 is 0 Å². The van der Waals surface area contributed by atoms with Crippen molar-refractivity contribution in [2.24, 2.45) is 0 Å². The number of nitrogens with zero attached hydrogens (tertiary/aromatic N) is 4. The van der Waals surface area contributed by atoms with E-state index in [1.807, 2.05) is 24.4 Å². The fourth-order valence-electron chi connectivity index (χ4n) is 7.51. The largest absolute Gasteiger partial charge is 0.256 e. The molecule has 0 spiro atoms. The summed E-state index contributed by atoms with van der Waals surface area (Å²) in [7, 11) is 0. The van der Waals surface area contributed by atoms with Crippen LogP contribution in [0.2, 0.25) is 0 Å². The number of rotatable bonds is 7. The SMILES string of the molecule is c1ccc(-c2ccc(-c3nc(-c4ccc(-c5ccccc5)cc4)nc(-c4cccc(-c5cccc(-c6cc7cccnc7c7ccccc67)c5)c4)n3)cc2)cc1. The zero-order valence-electron chi connectivity index (χ0n) is 30.4. The first-order chi connectivity index (χ1) is 27.7. The van der Waals surface area contributed by atoms with Crippen molar-refractivity contribution < 1.29 is 0 Å². The van der Waals surface area contributed by atoms with Crippen molar-refractivity contribution in [1.29, 1.82) is 0 Å². The van der Waals surface area contributed by atoms with E-state index in [1.54, 1.807) is 0 Å². The number of hydrogen-bond acceptors (Lipinski definition) is 4. The molecule has 0 saturated heterocycles. The summed E-state index contributed by atoms with van der Waals surface area (Å²) in [6, 6.07) is 69.9. The molecule has 0 bridgehead atoms. The molecular formula is C52H34N4. The van der Waals surface area contributed by atoms with Gasteiger partial charge in [-0.1, -0.05) is 176 Å². The van der Waals surface area contributed by atoms with E-state index < -0.39 is 0 Å². The van der Waals surface area contributed by atoms with Crippen molar-refractivity contribution in [2.75, 3.05) is 0 Å². The van der Waals surface area contributed by atoms with E-state index in [1.165, 1.54) is 22.1 Å². The summed E-state index contributed by atoms with van der Waals surface area (Å²) in [4.78, 5) is 20.0. The van der Waals surface area contributed by atoms with Gasteiger partial charge in [-0.15, -0.1) is 0 Å². The highest BCUT2D eigenvalue weighted by molar-refractivity contribution is 6.12. The maximum atomic E-state index is 5.10. The number of benzene rings is 8. The van der Waals surface area contributed by atoms with Gasteiger partial charge in [0.2, 0.25) is 0 Å². The van der Waals surface area contributed by atoms with Crippen molar-refractivity contribution in [3.05, 3.63) is 206 Å². The molecule has 0 saturated carbocycles. The van der Waals surface area contributed by atoms with Gasteiger partial charge in [-0.2, -0.15) is 0 Å². The van der Waals surface area contributed by atoms with Gasteiger partial charge in [0.1, 0.15) is 0 Å². The highest BCUT2D eigenvalue weighted by atomic mass is 15.0. The van der Waals surface area contributed by atoms with Crippen molar-refractivity contribution in [1.82, 2.24) is 19.9 Å². The fraction of sp³-hybridized carbons (Fsp3) is 0. The monoisotopic (exact) mass is 714 g/mol. The molecule has 0 aliphatic rings. The predicted molar refractivity (Wildman–Crippen MR) is 231 cm³/mol. The highest BCUT2D eigenvalue weighted by Crippen LogP contribution is 2.37. The molecule has 10 aromatic rings. The van der Waals surface area contributed by atoms with Crippen molar-refractivity contribution in [2.45, 2.75) is 0 Å². The second kappa shape index (κ2) is 14.3. The van der Waals surface area contributed by atoms with Crippen molar-refractivity contribution in [3.63, 3.8) is 0 Å². The average Bonchev–Trinajstić information content (AvgIpc) is 3.29. The molecule has 0 unspecified atom stereocenters. The first kappa shape index (κ1) is 33.0.